The Morgan fingerprint density at radius 3 is 1.81 bits per heavy atom. The van der Waals surface area contributed by atoms with E-state index in [4.69, 9.17) is 27.4 Å². The third-order valence-corrected chi connectivity index (χ3v) is 2.96. The van der Waals surface area contributed by atoms with Gasteiger partial charge < -0.3 is 9.84 Å². The number of rotatable bonds is 12. The van der Waals surface area contributed by atoms with E-state index in [0.717, 1.165) is 6.42 Å². The standard InChI is InChI=1S/C14H30O2.H2O4S/c1-3-4-5-6-7-8-9-10-11-14(2)16-13-12-15;1-5(2,3)4/h14-15H,3-13H2,1-2H3;(H2,1,2,3,4). The lowest BCUT2D eigenvalue weighted by molar-refractivity contribution is 0.0333. The predicted molar refractivity (Wildman–Crippen MR) is 83.9 cm³/mol. The summed E-state index contributed by atoms with van der Waals surface area (Å²) >= 11 is 0. The lowest BCUT2D eigenvalue weighted by atomic mass is 10.1. The van der Waals surface area contributed by atoms with Crippen LogP contribution in [0.5, 0.6) is 0 Å². The summed E-state index contributed by atoms with van der Waals surface area (Å²) in [5.41, 5.74) is 0. The first-order valence-electron chi connectivity index (χ1n) is 7.73. The second-order valence-corrected chi connectivity index (χ2v) is 6.01. The summed E-state index contributed by atoms with van der Waals surface area (Å²) in [5, 5.41) is 8.60. The number of aliphatic hydroxyl groups excluding tert-OH is 1. The van der Waals surface area contributed by atoms with Gasteiger partial charge in [0, 0.05) is 0 Å². The Bertz CT molecular complexity index is 284. The SMILES string of the molecule is CCCCCCCCCCC(C)OCCO.O=S(=O)(O)O. The Morgan fingerprint density at radius 2 is 1.38 bits per heavy atom. The van der Waals surface area contributed by atoms with E-state index in [0.29, 0.717) is 12.7 Å². The van der Waals surface area contributed by atoms with Gasteiger partial charge in [0.2, 0.25) is 0 Å². The van der Waals surface area contributed by atoms with Crippen molar-refractivity contribution in [3.63, 3.8) is 0 Å². The number of ether oxygens (including phenoxy) is 1. The van der Waals surface area contributed by atoms with Gasteiger partial charge in [-0.3, -0.25) is 9.11 Å². The number of aliphatic hydroxyl groups is 1. The Kier molecular flexibility index (Phi) is 17.8. The summed E-state index contributed by atoms with van der Waals surface area (Å²) < 4.78 is 37.0. The van der Waals surface area contributed by atoms with Crippen LogP contribution in [0.1, 0.15) is 71.6 Å². The van der Waals surface area contributed by atoms with Crippen molar-refractivity contribution in [1.29, 1.82) is 0 Å². The van der Waals surface area contributed by atoms with Gasteiger partial charge in [-0.1, -0.05) is 58.3 Å². The molecule has 7 heteroatoms. The molecule has 1 atom stereocenters. The molecule has 0 saturated heterocycles. The molecule has 0 amide bonds. The van der Waals surface area contributed by atoms with Crippen molar-refractivity contribution in [1.82, 2.24) is 0 Å². The van der Waals surface area contributed by atoms with Gasteiger partial charge in [-0.15, -0.1) is 0 Å². The summed E-state index contributed by atoms with van der Waals surface area (Å²) in [5.74, 6) is 0. The molecule has 0 saturated carbocycles. The molecule has 0 aromatic rings. The van der Waals surface area contributed by atoms with Crippen LogP contribution in [0.25, 0.3) is 0 Å². The average molecular weight is 328 g/mol. The molecule has 1 unspecified atom stereocenters. The fourth-order valence-electron chi connectivity index (χ4n) is 1.90. The molecule has 0 aromatic heterocycles. The minimum atomic E-state index is -4.67. The molecule has 0 aromatic carbocycles. The zero-order valence-electron chi connectivity index (χ0n) is 13.3. The van der Waals surface area contributed by atoms with Crippen molar-refractivity contribution >= 4 is 10.4 Å². The fourth-order valence-corrected chi connectivity index (χ4v) is 1.90. The van der Waals surface area contributed by atoms with Crippen LogP contribution in [-0.4, -0.2) is 41.9 Å². The smallest absolute Gasteiger partial charge is 0.394 e. The minimum Gasteiger partial charge on any atom is -0.394 e. The van der Waals surface area contributed by atoms with Crippen LogP contribution in [0.2, 0.25) is 0 Å². The minimum absolute atomic E-state index is 0.141. The van der Waals surface area contributed by atoms with E-state index >= 15 is 0 Å². The zero-order valence-corrected chi connectivity index (χ0v) is 14.1. The van der Waals surface area contributed by atoms with Crippen LogP contribution in [0.4, 0.5) is 0 Å². The van der Waals surface area contributed by atoms with Gasteiger partial charge >= 0.3 is 10.4 Å². The number of unbranched alkanes of at least 4 members (excludes halogenated alkanes) is 7. The molecule has 0 bridgehead atoms. The van der Waals surface area contributed by atoms with E-state index in [1.54, 1.807) is 0 Å². The average Bonchev–Trinajstić information content (AvgIpc) is 2.37. The van der Waals surface area contributed by atoms with Crippen molar-refractivity contribution < 1.29 is 27.4 Å². The molecule has 0 spiro atoms. The van der Waals surface area contributed by atoms with Crippen LogP contribution < -0.4 is 0 Å². The van der Waals surface area contributed by atoms with Gasteiger partial charge in [0.1, 0.15) is 0 Å². The molecule has 21 heavy (non-hydrogen) atoms. The van der Waals surface area contributed by atoms with E-state index in [-0.39, 0.29) is 6.61 Å². The van der Waals surface area contributed by atoms with E-state index in [1.807, 2.05) is 0 Å². The summed E-state index contributed by atoms with van der Waals surface area (Å²) in [6.07, 6.45) is 12.4. The van der Waals surface area contributed by atoms with Gasteiger partial charge in [0.15, 0.2) is 0 Å². The fraction of sp³-hybridized carbons (Fsp3) is 1.00. The van der Waals surface area contributed by atoms with E-state index < -0.39 is 10.4 Å². The zero-order chi connectivity index (χ0) is 16.6. The normalized spacial score (nSPS) is 12.6. The van der Waals surface area contributed by atoms with Gasteiger partial charge in [0.25, 0.3) is 0 Å². The van der Waals surface area contributed by atoms with Crippen LogP contribution in [0.3, 0.4) is 0 Å². The first-order valence-corrected chi connectivity index (χ1v) is 9.13. The largest absolute Gasteiger partial charge is 0.394 e. The molecule has 0 aliphatic carbocycles. The first-order chi connectivity index (χ1) is 9.81. The van der Waals surface area contributed by atoms with Gasteiger partial charge in [-0.25, -0.2) is 0 Å². The van der Waals surface area contributed by atoms with E-state index in [2.05, 4.69) is 13.8 Å². The molecule has 0 aliphatic heterocycles. The molecule has 6 nitrogen and oxygen atoms in total. The van der Waals surface area contributed by atoms with Gasteiger partial charge in [-0.2, -0.15) is 8.42 Å². The maximum atomic E-state index is 8.74. The molecule has 0 aliphatic rings. The van der Waals surface area contributed by atoms with Crippen molar-refractivity contribution in [3.8, 4) is 0 Å². The Labute approximate surface area is 129 Å². The molecule has 130 valence electrons. The maximum absolute atomic E-state index is 8.74. The second-order valence-electron chi connectivity index (χ2n) is 5.12. The lowest BCUT2D eigenvalue weighted by Gasteiger charge is -2.11. The summed E-state index contributed by atoms with van der Waals surface area (Å²) in [6, 6.07) is 0. The van der Waals surface area contributed by atoms with Gasteiger partial charge in [-0.05, 0) is 13.3 Å². The summed E-state index contributed by atoms with van der Waals surface area (Å²) in [6.45, 7) is 4.98. The van der Waals surface area contributed by atoms with E-state index in [1.165, 1.54) is 51.4 Å². The predicted octanol–water partition coefficient (Wildman–Crippen LogP) is 3.26. The lowest BCUT2D eigenvalue weighted by Crippen LogP contribution is -2.11. The molecular weight excluding hydrogens is 296 g/mol. The van der Waals surface area contributed by atoms with E-state index in [9.17, 15) is 0 Å². The van der Waals surface area contributed by atoms with Crippen molar-refractivity contribution in [2.24, 2.45) is 0 Å². The third-order valence-electron chi connectivity index (χ3n) is 2.96. The highest BCUT2D eigenvalue weighted by molar-refractivity contribution is 7.79. The van der Waals surface area contributed by atoms with Gasteiger partial charge in [0.05, 0.1) is 19.3 Å². The first kappa shape index (κ1) is 23.1. The molecular formula is C14H32O6S. The molecule has 0 rings (SSSR count). The summed E-state index contributed by atoms with van der Waals surface area (Å²) in [4.78, 5) is 0. The molecule has 3 N–H and O–H groups in total. The van der Waals surface area contributed by atoms with Crippen LogP contribution in [0.15, 0.2) is 0 Å². The highest BCUT2D eigenvalue weighted by atomic mass is 32.3. The third kappa shape index (κ3) is 32.9. The number of hydrogen-bond acceptors (Lipinski definition) is 4. The Morgan fingerprint density at radius 1 is 0.952 bits per heavy atom. The quantitative estimate of drug-likeness (QED) is 0.375. The highest BCUT2D eigenvalue weighted by Crippen LogP contribution is 2.11. The second kappa shape index (κ2) is 16.2. The molecule has 0 fully saturated rings. The monoisotopic (exact) mass is 328 g/mol. The Balaban J connectivity index is 0. The highest BCUT2D eigenvalue weighted by Gasteiger charge is 2.00. The van der Waals surface area contributed by atoms with Crippen LogP contribution in [0, 0.1) is 0 Å². The van der Waals surface area contributed by atoms with Crippen molar-refractivity contribution in [2.75, 3.05) is 13.2 Å². The van der Waals surface area contributed by atoms with Crippen LogP contribution >= 0.6 is 0 Å². The topological polar surface area (TPSA) is 104 Å². The Hall–Kier alpha value is -0.210. The molecule has 0 heterocycles. The van der Waals surface area contributed by atoms with Crippen LogP contribution in [-0.2, 0) is 15.1 Å². The molecule has 0 radical (unpaired) electrons. The van der Waals surface area contributed by atoms with Crippen molar-refractivity contribution in [2.45, 2.75) is 77.7 Å². The van der Waals surface area contributed by atoms with Crippen molar-refractivity contribution in [3.05, 3.63) is 0 Å². The number of hydrogen-bond donors (Lipinski definition) is 3. The maximum Gasteiger partial charge on any atom is 0.394 e. The summed E-state index contributed by atoms with van der Waals surface area (Å²) in [7, 11) is -4.67.